The van der Waals surface area contributed by atoms with E-state index in [1.165, 1.54) is 23.1 Å². The molecular formula is C41H46FN5O9S. The van der Waals surface area contributed by atoms with Crippen LogP contribution < -0.4 is 20.1 Å². The van der Waals surface area contributed by atoms with E-state index in [9.17, 15) is 32.0 Å². The van der Waals surface area contributed by atoms with Gasteiger partial charge in [-0.1, -0.05) is 37.1 Å². The first-order valence-electron chi connectivity index (χ1n) is 19.5. The van der Waals surface area contributed by atoms with Crippen LogP contribution in [-0.4, -0.2) is 83.2 Å². The van der Waals surface area contributed by atoms with Gasteiger partial charge >= 0.3 is 6.09 Å². The summed E-state index contributed by atoms with van der Waals surface area (Å²) in [6.45, 7) is 5.01. The van der Waals surface area contributed by atoms with Crippen molar-refractivity contribution in [2.24, 2.45) is 5.92 Å². The Morgan fingerprint density at radius 1 is 1.05 bits per heavy atom. The molecule has 14 nitrogen and oxygen atoms in total. The van der Waals surface area contributed by atoms with Crippen molar-refractivity contribution in [3.8, 4) is 5.75 Å². The molecule has 302 valence electrons. The predicted octanol–water partition coefficient (Wildman–Crippen LogP) is 5.52. The maximum Gasteiger partial charge on any atom is 0.408 e. The van der Waals surface area contributed by atoms with E-state index in [0.717, 1.165) is 12.8 Å². The number of pyridine rings is 1. The maximum atomic E-state index is 14.8. The molecule has 4 aliphatic rings. The Morgan fingerprint density at radius 3 is 2.61 bits per heavy atom. The van der Waals surface area contributed by atoms with E-state index in [-0.39, 0.29) is 37.1 Å². The number of amides is 4. The summed E-state index contributed by atoms with van der Waals surface area (Å²) in [5.41, 5.74) is -0.673. The van der Waals surface area contributed by atoms with Crippen LogP contribution in [0.5, 0.6) is 5.75 Å². The van der Waals surface area contributed by atoms with Gasteiger partial charge in [0.15, 0.2) is 11.3 Å². The second-order valence-corrected chi connectivity index (χ2v) is 18.5. The molecule has 1 saturated heterocycles. The smallest absolute Gasteiger partial charge is 0.408 e. The molecular weight excluding hydrogens is 758 g/mol. The third-order valence-corrected chi connectivity index (χ3v) is 12.8. The molecule has 0 bridgehead atoms. The van der Waals surface area contributed by atoms with Gasteiger partial charge < -0.3 is 29.4 Å². The predicted molar refractivity (Wildman–Crippen MR) is 208 cm³/mol. The molecule has 0 radical (unpaired) electrons. The molecule has 2 aromatic heterocycles. The SMILES string of the molecule is CC(C)(C)OC(=O)N[C@@H]1CCCCC/C=C\[C@@H]2C[C@@]2(C(=O)NS(=O)(=O)C2CC2)NC(=O)[C@@H]2C[C@H](Oc3c4cc(F)ccc4nc4c3oc3ccccc34)CN2C1=O. The molecule has 16 heteroatoms. The summed E-state index contributed by atoms with van der Waals surface area (Å²) in [5.74, 6) is -2.89. The molecule has 2 aliphatic heterocycles. The van der Waals surface area contributed by atoms with Crippen LogP contribution in [0.4, 0.5) is 9.18 Å². The van der Waals surface area contributed by atoms with Gasteiger partial charge in [0.05, 0.1) is 17.3 Å². The average Bonchev–Trinajstić information content (AvgIpc) is 4.05. The molecule has 0 spiro atoms. The van der Waals surface area contributed by atoms with Gasteiger partial charge in [-0.3, -0.25) is 19.1 Å². The van der Waals surface area contributed by atoms with Gasteiger partial charge in [0.25, 0.3) is 5.91 Å². The quantitative estimate of drug-likeness (QED) is 0.210. The average molecular weight is 804 g/mol. The number of nitrogens with zero attached hydrogens (tertiary/aromatic N) is 2. The molecule has 57 heavy (non-hydrogen) atoms. The van der Waals surface area contributed by atoms with E-state index < -0.39 is 80.2 Å². The number of alkyl carbamates (subject to hydrolysis) is 1. The van der Waals surface area contributed by atoms with Crippen molar-refractivity contribution < 1.29 is 45.9 Å². The van der Waals surface area contributed by atoms with E-state index in [2.05, 4.69) is 15.4 Å². The number of nitrogens with one attached hydrogen (secondary N) is 3. The Hall–Kier alpha value is -5.25. The number of furan rings is 1. The number of hydrogen-bond acceptors (Lipinski definition) is 10. The third-order valence-electron chi connectivity index (χ3n) is 11.0. The standard InChI is InChI=1S/C41H46FN5O9S/c1-40(2,3)56-39(51)44-30-13-8-6-4-5-7-11-23-21-41(23,38(50)46-57(52,53)26-16-17-26)45-36(48)31-20-25(22-47(31)37(30)49)54-34-28-19-24(42)15-18-29(28)43-33-27-12-9-10-14-32(27)55-35(33)34/h7,9-12,14-15,18-19,23,25-26,30-31H,4-6,8,13,16-17,20-22H2,1-3H3,(H,44,51)(H,45,48)(H,46,50)/b11-7-/t23-,25+,30-,31+,41-/m1/s1. The van der Waals surface area contributed by atoms with Crippen LogP contribution in [0.25, 0.3) is 33.0 Å². The van der Waals surface area contributed by atoms with Crippen molar-refractivity contribution in [2.45, 2.75) is 113 Å². The number of benzene rings is 2. The first-order chi connectivity index (χ1) is 27.1. The van der Waals surface area contributed by atoms with Crippen molar-refractivity contribution in [3.63, 3.8) is 0 Å². The van der Waals surface area contributed by atoms with E-state index in [4.69, 9.17) is 18.9 Å². The summed E-state index contributed by atoms with van der Waals surface area (Å²) < 4.78 is 61.2. The molecule has 8 rings (SSSR count). The highest BCUT2D eigenvalue weighted by atomic mass is 32.2. The highest BCUT2D eigenvalue weighted by Gasteiger charge is 2.62. The van der Waals surface area contributed by atoms with Crippen LogP contribution in [0.2, 0.25) is 0 Å². The number of carbonyl (C=O) groups is 4. The number of rotatable bonds is 6. The minimum Gasteiger partial charge on any atom is -0.484 e. The summed E-state index contributed by atoms with van der Waals surface area (Å²) in [7, 11) is -3.93. The summed E-state index contributed by atoms with van der Waals surface area (Å²) in [4.78, 5) is 62.1. The minimum atomic E-state index is -3.93. The van der Waals surface area contributed by atoms with Crippen molar-refractivity contribution in [1.82, 2.24) is 25.2 Å². The molecule has 4 aromatic rings. The number of sulfonamides is 1. The minimum absolute atomic E-state index is 0.0594. The number of allylic oxidation sites excluding steroid dienone is 1. The first-order valence-corrected chi connectivity index (χ1v) is 21.1. The Morgan fingerprint density at radius 2 is 1.84 bits per heavy atom. The Labute approximate surface area is 328 Å². The molecule has 2 saturated carbocycles. The number of carbonyl (C=O) groups excluding carboxylic acids is 4. The molecule has 2 aromatic carbocycles. The second-order valence-electron chi connectivity index (χ2n) is 16.6. The van der Waals surface area contributed by atoms with Crippen LogP contribution in [-0.2, 0) is 29.1 Å². The molecule has 4 heterocycles. The fraction of sp³-hybridized carbons (Fsp3) is 0.488. The lowest BCUT2D eigenvalue weighted by molar-refractivity contribution is -0.141. The zero-order valence-electron chi connectivity index (χ0n) is 32.0. The molecule has 0 unspecified atom stereocenters. The molecule has 5 atom stereocenters. The Bertz CT molecular complexity index is 2420. The summed E-state index contributed by atoms with van der Waals surface area (Å²) >= 11 is 0. The molecule has 3 fully saturated rings. The molecule has 2 aliphatic carbocycles. The van der Waals surface area contributed by atoms with Gasteiger partial charge in [-0.15, -0.1) is 0 Å². The number of aromatic nitrogens is 1. The van der Waals surface area contributed by atoms with Crippen LogP contribution in [0.1, 0.15) is 78.6 Å². The largest absolute Gasteiger partial charge is 0.484 e. The van der Waals surface area contributed by atoms with Gasteiger partial charge in [-0.05, 0) is 89.6 Å². The lowest BCUT2D eigenvalue weighted by Crippen LogP contribution is -2.58. The summed E-state index contributed by atoms with van der Waals surface area (Å²) in [6.07, 6.45) is 6.13. The number of para-hydroxylation sites is 1. The zero-order valence-corrected chi connectivity index (χ0v) is 32.8. The summed E-state index contributed by atoms with van der Waals surface area (Å²) in [6, 6.07) is 9.13. The van der Waals surface area contributed by atoms with Crippen LogP contribution in [0, 0.1) is 11.7 Å². The van der Waals surface area contributed by atoms with Gasteiger partial charge in [0, 0.05) is 23.1 Å². The van der Waals surface area contributed by atoms with Crippen LogP contribution >= 0.6 is 0 Å². The Kier molecular flexibility index (Phi) is 9.89. The number of fused-ring (bicyclic) bond motifs is 6. The van der Waals surface area contributed by atoms with E-state index in [0.29, 0.717) is 53.1 Å². The van der Waals surface area contributed by atoms with Gasteiger partial charge in [-0.25, -0.2) is 22.6 Å². The van der Waals surface area contributed by atoms with Crippen molar-refractivity contribution in [1.29, 1.82) is 0 Å². The second kappa shape index (κ2) is 14.6. The summed E-state index contributed by atoms with van der Waals surface area (Å²) in [5, 5.41) is 5.97. The lowest BCUT2D eigenvalue weighted by atomic mass is 10.0. The van der Waals surface area contributed by atoms with E-state index in [1.807, 2.05) is 30.4 Å². The topological polar surface area (TPSA) is 186 Å². The highest BCUT2D eigenvalue weighted by Crippen LogP contribution is 2.46. The van der Waals surface area contributed by atoms with E-state index >= 15 is 0 Å². The van der Waals surface area contributed by atoms with Crippen LogP contribution in [0.3, 0.4) is 0 Å². The van der Waals surface area contributed by atoms with Crippen molar-refractivity contribution >= 4 is 66.8 Å². The van der Waals surface area contributed by atoms with Gasteiger partial charge in [0.1, 0.15) is 46.2 Å². The number of ether oxygens (including phenoxy) is 2. The maximum absolute atomic E-state index is 14.8. The van der Waals surface area contributed by atoms with E-state index in [1.54, 1.807) is 26.8 Å². The van der Waals surface area contributed by atoms with Gasteiger partial charge in [-0.2, -0.15) is 0 Å². The number of halogens is 1. The Balaban J connectivity index is 1.16. The zero-order chi connectivity index (χ0) is 40.3. The fourth-order valence-corrected chi connectivity index (χ4v) is 9.27. The third kappa shape index (κ3) is 7.88. The fourth-order valence-electron chi connectivity index (χ4n) is 7.91. The van der Waals surface area contributed by atoms with Gasteiger partial charge in [0.2, 0.25) is 21.8 Å². The van der Waals surface area contributed by atoms with Crippen molar-refractivity contribution in [2.75, 3.05) is 6.54 Å². The normalized spacial score (nSPS) is 26.5. The number of hydrogen-bond donors (Lipinski definition) is 3. The monoisotopic (exact) mass is 803 g/mol. The van der Waals surface area contributed by atoms with Crippen LogP contribution in [0.15, 0.2) is 59.0 Å². The first kappa shape index (κ1) is 38.6. The molecule has 4 amide bonds. The van der Waals surface area contributed by atoms with Crippen molar-refractivity contribution in [3.05, 3.63) is 60.4 Å². The molecule has 3 N–H and O–H groups in total. The lowest BCUT2D eigenvalue weighted by Gasteiger charge is -2.30. The highest BCUT2D eigenvalue weighted by molar-refractivity contribution is 7.91.